The maximum atomic E-state index is 12.6. The molecule has 0 atom stereocenters. The van der Waals surface area contributed by atoms with E-state index < -0.39 is 11.9 Å². The van der Waals surface area contributed by atoms with Crippen LogP contribution in [-0.4, -0.2) is 31.5 Å². The summed E-state index contributed by atoms with van der Waals surface area (Å²) in [5, 5.41) is 15.1. The van der Waals surface area contributed by atoms with Crippen LogP contribution < -0.4 is 15.4 Å². The summed E-state index contributed by atoms with van der Waals surface area (Å²) in [5.74, 6) is -1.19. The fourth-order valence-electron chi connectivity index (χ4n) is 3.26. The molecule has 188 valence electrons. The number of nitrogens with zero attached hydrogens (tertiary/aromatic N) is 1. The van der Waals surface area contributed by atoms with Crippen molar-refractivity contribution in [3.05, 3.63) is 93.5 Å². The van der Waals surface area contributed by atoms with Crippen LogP contribution in [0.15, 0.2) is 66.2 Å². The van der Waals surface area contributed by atoms with Crippen LogP contribution in [0.2, 0.25) is 5.02 Å². The molecule has 0 radical (unpaired) electrons. The molecule has 0 spiro atoms. The number of amides is 2. The molecule has 2 amide bonds. The number of rotatable bonds is 8. The van der Waals surface area contributed by atoms with Crippen LogP contribution >= 0.6 is 11.6 Å². The van der Waals surface area contributed by atoms with Crippen LogP contribution in [0.4, 0.5) is 11.4 Å². The SMILES string of the molecule is COC(=O)c1ccc(NC(=O)/C(C#N)=C\c2ccc(OCC(=O)Nc3cccc(C)c3C)c(Cl)c2)cc1. The van der Waals surface area contributed by atoms with E-state index in [-0.39, 0.29) is 28.9 Å². The first-order valence-electron chi connectivity index (χ1n) is 11.1. The van der Waals surface area contributed by atoms with Crippen molar-refractivity contribution in [2.75, 3.05) is 24.4 Å². The monoisotopic (exact) mass is 517 g/mol. The Balaban J connectivity index is 1.63. The summed E-state index contributed by atoms with van der Waals surface area (Å²) in [5.41, 5.74) is 3.81. The molecule has 0 heterocycles. The van der Waals surface area contributed by atoms with Gasteiger partial charge in [-0.2, -0.15) is 5.26 Å². The van der Waals surface area contributed by atoms with Gasteiger partial charge in [-0.05, 0) is 79.1 Å². The fourth-order valence-corrected chi connectivity index (χ4v) is 3.50. The van der Waals surface area contributed by atoms with Gasteiger partial charge in [-0.15, -0.1) is 0 Å². The second kappa shape index (κ2) is 12.4. The van der Waals surface area contributed by atoms with Gasteiger partial charge in [-0.1, -0.05) is 29.8 Å². The molecule has 0 bridgehead atoms. The number of benzene rings is 3. The number of aryl methyl sites for hydroxylation is 1. The molecular formula is C28H24ClN3O5. The minimum absolute atomic E-state index is 0.158. The zero-order valence-corrected chi connectivity index (χ0v) is 21.2. The highest BCUT2D eigenvalue weighted by Gasteiger charge is 2.13. The summed E-state index contributed by atoms with van der Waals surface area (Å²) in [6, 6.07) is 18.2. The number of ether oxygens (including phenoxy) is 2. The average Bonchev–Trinajstić information content (AvgIpc) is 2.89. The van der Waals surface area contributed by atoms with Crippen LogP contribution in [-0.2, 0) is 14.3 Å². The molecule has 9 heteroatoms. The quantitative estimate of drug-likeness (QED) is 0.237. The van der Waals surface area contributed by atoms with Crippen molar-refractivity contribution in [1.82, 2.24) is 0 Å². The van der Waals surface area contributed by atoms with Crippen LogP contribution in [0.25, 0.3) is 6.08 Å². The van der Waals surface area contributed by atoms with E-state index in [1.54, 1.807) is 12.1 Å². The van der Waals surface area contributed by atoms with Crippen molar-refractivity contribution in [1.29, 1.82) is 5.26 Å². The molecule has 3 aromatic carbocycles. The van der Waals surface area contributed by atoms with E-state index in [0.717, 1.165) is 11.1 Å². The first-order valence-corrected chi connectivity index (χ1v) is 11.5. The van der Waals surface area contributed by atoms with E-state index in [1.165, 1.54) is 43.5 Å². The Morgan fingerprint density at radius 3 is 2.41 bits per heavy atom. The number of methoxy groups -OCH3 is 1. The van der Waals surface area contributed by atoms with Crippen molar-refractivity contribution in [2.24, 2.45) is 0 Å². The Labute approximate surface area is 219 Å². The lowest BCUT2D eigenvalue weighted by atomic mass is 10.1. The summed E-state index contributed by atoms with van der Waals surface area (Å²) < 4.78 is 10.2. The van der Waals surface area contributed by atoms with E-state index in [4.69, 9.17) is 16.3 Å². The van der Waals surface area contributed by atoms with Crippen LogP contribution in [0, 0.1) is 25.2 Å². The maximum absolute atomic E-state index is 12.6. The van der Waals surface area contributed by atoms with E-state index in [2.05, 4.69) is 15.4 Å². The average molecular weight is 518 g/mol. The third-order valence-corrected chi connectivity index (χ3v) is 5.73. The molecule has 0 aromatic heterocycles. The number of anilines is 2. The number of hydrogen-bond donors (Lipinski definition) is 2. The van der Waals surface area contributed by atoms with Gasteiger partial charge in [0.2, 0.25) is 0 Å². The van der Waals surface area contributed by atoms with E-state index in [9.17, 15) is 19.6 Å². The van der Waals surface area contributed by atoms with Crippen LogP contribution in [0.3, 0.4) is 0 Å². The molecule has 37 heavy (non-hydrogen) atoms. The third kappa shape index (κ3) is 7.19. The molecule has 0 saturated carbocycles. The van der Waals surface area contributed by atoms with Gasteiger partial charge in [-0.3, -0.25) is 9.59 Å². The minimum atomic E-state index is -0.632. The standard InChI is InChI=1S/C28H24ClN3O5/c1-17-5-4-6-24(18(17)2)32-26(33)16-37-25-12-7-19(14-23(25)29)13-21(15-30)27(34)31-22-10-8-20(9-11-22)28(35)36-3/h4-14H,16H2,1-3H3,(H,31,34)(H,32,33)/b21-13-. The van der Waals surface area contributed by atoms with Crippen molar-refractivity contribution in [3.8, 4) is 11.8 Å². The molecule has 3 aromatic rings. The Morgan fingerprint density at radius 2 is 1.76 bits per heavy atom. The van der Waals surface area contributed by atoms with Crippen molar-refractivity contribution in [3.63, 3.8) is 0 Å². The number of nitrogens with one attached hydrogen (secondary N) is 2. The third-order valence-electron chi connectivity index (χ3n) is 5.43. The zero-order valence-electron chi connectivity index (χ0n) is 20.4. The normalized spacial score (nSPS) is 10.7. The van der Waals surface area contributed by atoms with Gasteiger partial charge in [0, 0.05) is 11.4 Å². The number of carbonyl (C=O) groups is 3. The predicted octanol–water partition coefficient (Wildman–Crippen LogP) is 5.31. The second-order valence-electron chi connectivity index (χ2n) is 7.97. The molecule has 3 rings (SSSR count). The highest BCUT2D eigenvalue weighted by atomic mass is 35.5. The van der Waals surface area contributed by atoms with Crippen molar-refractivity contribution in [2.45, 2.75) is 13.8 Å². The molecule has 0 aliphatic rings. The molecule has 8 nitrogen and oxygen atoms in total. The number of hydrogen-bond acceptors (Lipinski definition) is 6. The fraction of sp³-hybridized carbons (Fsp3) is 0.143. The molecular weight excluding hydrogens is 494 g/mol. The molecule has 0 fully saturated rings. The highest BCUT2D eigenvalue weighted by Crippen LogP contribution is 2.27. The summed E-state index contributed by atoms with van der Waals surface area (Å²) in [6.45, 7) is 3.64. The second-order valence-corrected chi connectivity index (χ2v) is 8.37. The van der Waals surface area contributed by atoms with Gasteiger partial charge >= 0.3 is 5.97 Å². The van der Waals surface area contributed by atoms with Gasteiger partial charge in [0.05, 0.1) is 17.7 Å². The van der Waals surface area contributed by atoms with Gasteiger partial charge in [0.25, 0.3) is 11.8 Å². The molecule has 0 unspecified atom stereocenters. The van der Waals surface area contributed by atoms with E-state index >= 15 is 0 Å². The number of esters is 1. The molecule has 2 N–H and O–H groups in total. The van der Waals surface area contributed by atoms with Crippen LogP contribution in [0.5, 0.6) is 5.75 Å². The zero-order chi connectivity index (χ0) is 26.9. The smallest absolute Gasteiger partial charge is 0.337 e. The lowest BCUT2D eigenvalue weighted by molar-refractivity contribution is -0.118. The Hall–Kier alpha value is -4.61. The highest BCUT2D eigenvalue weighted by molar-refractivity contribution is 6.32. The molecule has 0 saturated heterocycles. The topological polar surface area (TPSA) is 118 Å². The summed E-state index contributed by atoms with van der Waals surface area (Å²) in [4.78, 5) is 36.4. The number of carbonyl (C=O) groups excluding carboxylic acids is 3. The first kappa shape index (κ1) is 27.0. The van der Waals surface area contributed by atoms with Gasteiger partial charge in [0.15, 0.2) is 6.61 Å². The van der Waals surface area contributed by atoms with Crippen molar-refractivity contribution >= 4 is 46.8 Å². The van der Waals surface area contributed by atoms with E-state index in [1.807, 2.05) is 38.1 Å². The van der Waals surface area contributed by atoms with Crippen molar-refractivity contribution < 1.29 is 23.9 Å². The molecule has 0 aliphatic carbocycles. The lowest BCUT2D eigenvalue weighted by Gasteiger charge is -2.12. The predicted molar refractivity (Wildman–Crippen MR) is 141 cm³/mol. The Morgan fingerprint density at radius 1 is 1.03 bits per heavy atom. The number of halogens is 1. The van der Waals surface area contributed by atoms with Gasteiger partial charge in [0.1, 0.15) is 17.4 Å². The Kier molecular flexibility index (Phi) is 9.03. The summed E-state index contributed by atoms with van der Waals surface area (Å²) >= 11 is 6.30. The number of nitriles is 1. The van der Waals surface area contributed by atoms with Gasteiger partial charge in [-0.25, -0.2) is 4.79 Å². The first-order chi connectivity index (χ1) is 17.7. The Bertz CT molecular complexity index is 1410. The maximum Gasteiger partial charge on any atom is 0.337 e. The summed E-state index contributed by atoms with van der Waals surface area (Å²) in [6.07, 6.45) is 1.38. The summed E-state index contributed by atoms with van der Waals surface area (Å²) in [7, 11) is 1.27. The van der Waals surface area contributed by atoms with Gasteiger partial charge < -0.3 is 20.1 Å². The minimum Gasteiger partial charge on any atom is -0.482 e. The molecule has 0 aliphatic heterocycles. The lowest BCUT2D eigenvalue weighted by Crippen LogP contribution is -2.20. The van der Waals surface area contributed by atoms with Crippen LogP contribution in [0.1, 0.15) is 27.0 Å². The van der Waals surface area contributed by atoms with E-state index in [0.29, 0.717) is 22.5 Å². The largest absolute Gasteiger partial charge is 0.482 e.